The molecule has 4 nitrogen and oxygen atoms in total. The lowest BCUT2D eigenvalue weighted by Gasteiger charge is -2.25. The third kappa shape index (κ3) is 5.86. The molecule has 116 valence electrons. The van der Waals surface area contributed by atoms with Crippen LogP contribution in [0.1, 0.15) is 38.8 Å². The largest absolute Gasteiger partial charge is 0.215 e. The molecule has 0 aromatic heterocycles. The van der Waals surface area contributed by atoms with Gasteiger partial charge in [0.2, 0.25) is 10.0 Å². The second kappa shape index (κ2) is 7.58. The van der Waals surface area contributed by atoms with Crippen LogP contribution >= 0.6 is 0 Å². The van der Waals surface area contributed by atoms with E-state index in [0.717, 1.165) is 0 Å². The van der Waals surface area contributed by atoms with Gasteiger partial charge >= 0.3 is 0 Å². The number of sulfonamides is 1. The highest BCUT2D eigenvalue weighted by atomic mass is 32.2. The Bertz CT molecular complexity index is 593. The molecule has 5 heteroatoms. The van der Waals surface area contributed by atoms with Crippen LogP contribution in [0.4, 0.5) is 0 Å². The van der Waals surface area contributed by atoms with Gasteiger partial charge in [-0.1, -0.05) is 39.8 Å². The molecular formula is C16H24N2O2S. The second-order valence-electron chi connectivity index (χ2n) is 6.07. The minimum Gasteiger partial charge on any atom is -0.215 e. The predicted molar refractivity (Wildman–Crippen MR) is 84.9 cm³/mol. The fourth-order valence-corrected chi connectivity index (χ4v) is 3.63. The minimum atomic E-state index is -3.38. The first-order valence-electron chi connectivity index (χ1n) is 7.21. The summed E-state index contributed by atoms with van der Waals surface area (Å²) in [4.78, 5) is 0. The Balaban J connectivity index is 2.72. The van der Waals surface area contributed by atoms with E-state index < -0.39 is 10.0 Å². The molecule has 1 aromatic carbocycles. The molecule has 1 N–H and O–H groups in total. The van der Waals surface area contributed by atoms with E-state index in [9.17, 15) is 8.42 Å². The quantitative estimate of drug-likeness (QED) is 0.842. The van der Waals surface area contributed by atoms with E-state index >= 15 is 0 Å². The smallest absolute Gasteiger partial charge is 0.215 e. The molecule has 0 aliphatic carbocycles. The van der Waals surface area contributed by atoms with E-state index in [1.54, 1.807) is 24.3 Å². The fourth-order valence-electron chi connectivity index (χ4n) is 2.47. The van der Waals surface area contributed by atoms with Gasteiger partial charge in [0.05, 0.1) is 17.4 Å². The van der Waals surface area contributed by atoms with E-state index in [0.29, 0.717) is 35.4 Å². The first-order chi connectivity index (χ1) is 9.75. The maximum Gasteiger partial charge on any atom is 0.215 e. The molecule has 21 heavy (non-hydrogen) atoms. The zero-order valence-corrected chi connectivity index (χ0v) is 13.9. The van der Waals surface area contributed by atoms with Gasteiger partial charge in [-0.3, -0.25) is 0 Å². The van der Waals surface area contributed by atoms with Crippen LogP contribution in [-0.2, 0) is 15.8 Å². The van der Waals surface area contributed by atoms with Crippen LogP contribution < -0.4 is 4.72 Å². The van der Waals surface area contributed by atoms with Crippen molar-refractivity contribution in [3.8, 4) is 6.07 Å². The molecule has 0 atom stereocenters. The molecule has 0 aliphatic heterocycles. The SMILES string of the molecule is CC(C)C(CNS(=O)(=O)Cc1cccc(C#N)c1)C(C)C. The average molecular weight is 308 g/mol. The van der Waals surface area contributed by atoms with Gasteiger partial charge in [-0.25, -0.2) is 13.1 Å². The van der Waals surface area contributed by atoms with Crippen LogP contribution in [0.3, 0.4) is 0 Å². The van der Waals surface area contributed by atoms with Crippen molar-refractivity contribution in [1.29, 1.82) is 5.26 Å². The summed E-state index contributed by atoms with van der Waals surface area (Å²) in [6, 6.07) is 8.72. The second-order valence-corrected chi connectivity index (χ2v) is 7.88. The molecule has 0 heterocycles. The zero-order valence-electron chi connectivity index (χ0n) is 13.1. The van der Waals surface area contributed by atoms with Crippen molar-refractivity contribution in [2.24, 2.45) is 17.8 Å². The molecule has 0 aliphatic rings. The Labute approximate surface area is 128 Å². The number of nitrogens with zero attached hydrogens (tertiary/aromatic N) is 1. The highest BCUT2D eigenvalue weighted by Crippen LogP contribution is 2.20. The van der Waals surface area contributed by atoms with Crippen molar-refractivity contribution in [3.63, 3.8) is 0 Å². The average Bonchev–Trinajstić information content (AvgIpc) is 2.37. The predicted octanol–water partition coefficient (Wildman–Crippen LogP) is 2.91. The summed E-state index contributed by atoms with van der Waals surface area (Å²) in [7, 11) is -3.38. The summed E-state index contributed by atoms with van der Waals surface area (Å²) in [5, 5.41) is 8.84. The van der Waals surface area contributed by atoms with Gasteiger partial charge in [-0.2, -0.15) is 5.26 Å². The van der Waals surface area contributed by atoms with Gasteiger partial charge in [0, 0.05) is 6.54 Å². The molecule has 0 saturated heterocycles. The molecule has 0 spiro atoms. The molecule has 0 unspecified atom stereocenters. The van der Waals surface area contributed by atoms with Gasteiger partial charge in [0.1, 0.15) is 0 Å². The Kier molecular flexibility index (Phi) is 6.38. The molecule has 1 rings (SSSR count). The van der Waals surface area contributed by atoms with Gasteiger partial charge in [0.25, 0.3) is 0 Å². The highest BCUT2D eigenvalue weighted by molar-refractivity contribution is 7.88. The van der Waals surface area contributed by atoms with Crippen LogP contribution in [0.15, 0.2) is 24.3 Å². The lowest BCUT2D eigenvalue weighted by Crippen LogP contribution is -2.34. The molecule has 0 amide bonds. The number of hydrogen-bond acceptors (Lipinski definition) is 3. The third-order valence-corrected chi connectivity index (χ3v) is 4.98. The maximum atomic E-state index is 12.2. The van der Waals surface area contributed by atoms with Crippen LogP contribution in [-0.4, -0.2) is 15.0 Å². The van der Waals surface area contributed by atoms with E-state index in [-0.39, 0.29) is 5.75 Å². The standard InChI is InChI=1S/C16H24N2O2S/c1-12(2)16(13(3)4)10-18-21(19,20)11-15-7-5-6-14(8-15)9-17/h5-8,12-13,16,18H,10-11H2,1-4H3. The van der Waals surface area contributed by atoms with Crippen LogP contribution in [0.2, 0.25) is 0 Å². The summed E-state index contributed by atoms with van der Waals surface area (Å²) >= 11 is 0. The molecule has 0 saturated carbocycles. The Morgan fingerprint density at radius 2 is 1.81 bits per heavy atom. The van der Waals surface area contributed by atoms with Gasteiger partial charge in [-0.15, -0.1) is 0 Å². The van der Waals surface area contributed by atoms with Crippen molar-refractivity contribution in [1.82, 2.24) is 4.72 Å². The molecule has 1 aromatic rings. The van der Waals surface area contributed by atoms with Crippen molar-refractivity contribution >= 4 is 10.0 Å². The summed E-state index contributed by atoms with van der Waals surface area (Å²) in [6.45, 7) is 8.88. The number of hydrogen-bond donors (Lipinski definition) is 1. The van der Waals surface area contributed by atoms with Gasteiger partial charge < -0.3 is 0 Å². The van der Waals surface area contributed by atoms with Crippen molar-refractivity contribution in [2.75, 3.05) is 6.54 Å². The van der Waals surface area contributed by atoms with E-state index in [1.165, 1.54) is 0 Å². The molecule has 0 bridgehead atoms. The summed E-state index contributed by atoms with van der Waals surface area (Å²) in [5.41, 5.74) is 1.11. The van der Waals surface area contributed by atoms with Crippen LogP contribution in [0, 0.1) is 29.1 Å². The van der Waals surface area contributed by atoms with Gasteiger partial charge in [-0.05, 0) is 35.4 Å². The Morgan fingerprint density at radius 3 is 2.33 bits per heavy atom. The van der Waals surface area contributed by atoms with Crippen molar-refractivity contribution in [2.45, 2.75) is 33.4 Å². The number of nitrogens with one attached hydrogen (secondary N) is 1. The summed E-state index contributed by atoms with van der Waals surface area (Å²) in [6.07, 6.45) is 0. The lowest BCUT2D eigenvalue weighted by molar-refractivity contribution is 0.289. The number of rotatable bonds is 7. The van der Waals surface area contributed by atoms with E-state index in [4.69, 9.17) is 5.26 Å². The molecule has 0 radical (unpaired) electrons. The minimum absolute atomic E-state index is 0.0918. The number of nitriles is 1. The summed E-state index contributed by atoms with van der Waals surface area (Å²) < 4.78 is 27.0. The normalized spacial score (nSPS) is 12.1. The summed E-state index contributed by atoms with van der Waals surface area (Å²) in [5.74, 6) is 1.07. The first-order valence-corrected chi connectivity index (χ1v) is 8.86. The maximum absolute atomic E-state index is 12.2. The fraction of sp³-hybridized carbons (Fsp3) is 0.562. The first kappa shape index (κ1) is 17.7. The monoisotopic (exact) mass is 308 g/mol. The molecule has 0 fully saturated rings. The van der Waals surface area contributed by atoms with Gasteiger partial charge in [0.15, 0.2) is 0 Å². The number of benzene rings is 1. The van der Waals surface area contributed by atoms with Crippen molar-refractivity contribution in [3.05, 3.63) is 35.4 Å². The lowest BCUT2D eigenvalue weighted by atomic mass is 9.86. The zero-order chi connectivity index (χ0) is 16.0. The van der Waals surface area contributed by atoms with Crippen LogP contribution in [0.5, 0.6) is 0 Å². The van der Waals surface area contributed by atoms with E-state index in [1.807, 2.05) is 6.07 Å². The topological polar surface area (TPSA) is 70.0 Å². The third-order valence-electron chi connectivity index (χ3n) is 3.66. The Morgan fingerprint density at radius 1 is 1.19 bits per heavy atom. The van der Waals surface area contributed by atoms with E-state index in [2.05, 4.69) is 32.4 Å². The van der Waals surface area contributed by atoms with Crippen LogP contribution in [0.25, 0.3) is 0 Å². The van der Waals surface area contributed by atoms with Crippen molar-refractivity contribution < 1.29 is 8.42 Å². The Hall–Kier alpha value is -1.38. The highest BCUT2D eigenvalue weighted by Gasteiger charge is 2.20. The molecular weight excluding hydrogens is 284 g/mol.